The second-order valence-corrected chi connectivity index (χ2v) is 6.81. The zero-order valence-corrected chi connectivity index (χ0v) is 15.7. The molecule has 2 heterocycles. The molecule has 3 rings (SSSR count). The van der Waals surface area contributed by atoms with E-state index in [2.05, 4.69) is 10.3 Å². The molecule has 1 aliphatic carbocycles. The molecule has 0 radical (unpaired) electrons. The summed E-state index contributed by atoms with van der Waals surface area (Å²) in [6.07, 6.45) is 4.32. The standard InChI is InChI=1S/C20H25F2N3O2/c1-3-27-13-4-5-16(21)14(10-13)15-11-19(24-12-17(15)22)18-6-7-20(26)25(2)9-8-23-18/h10-12,18,23H,3-9H2,1-2H3/t18-/m0/s1. The van der Waals surface area contributed by atoms with Gasteiger partial charge in [0.2, 0.25) is 5.91 Å². The number of aromatic nitrogens is 1. The molecular formula is C20H25F2N3O2. The van der Waals surface area contributed by atoms with Crippen molar-refractivity contribution < 1.29 is 18.3 Å². The summed E-state index contributed by atoms with van der Waals surface area (Å²) >= 11 is 0. The molecular weight excluding hydrogens is 352 g/mol. The minimum atomic E-state index is -0.570. The highest BCUT2D eigenvalue weighted by atomic mass is 19.1. The van der Waals surface area contributed by atoms with Gasteiger partial charge in [-0.1, -0.05) is 0 Å². The summed E-state index contributed by atoms with van der Waals surface area (Å²) < 4.78 is 34.4. The Hall–Kier alpha value is -2.28. The van der Waals surface area contributed by atoms with Crippen molar-refractivity contribution in [1.82, 2.24) is 15.2 Å². The lowest BCUT2D eigenvalue weighted by atomic mass is 9.95. The molecule has 1 N–H and O–H groups in total. The maximum atomic E-state index is 14.5. The van der Waals surface area contributed by atoms with Crippen LogP contribution in [-0.4, -0.2) is 42.5 Å². The van der Waals surface area contributed by atoms with Crippen molar-refractivity contribution in [2.45, 2.75) is 38.6 Å². The Morgan fingerprint density at radius 3 is 2.93 bits per heavy atom. The van der Waals surface area contributed by atoms with Crippen molar-refractivity contribution in [1.29, 1.82) is 0 Å². The van der Waals surface area contributed by atoms with Crippen molar-refractivity contribution in [3.05, 3.63) is 47.0 Å². The average Bonchev–Trinajstić information content (AvgIpc) is 2.65. The summed E-state index contributed by atoms with van der Waals surface area (Å²) in [4.78, 5) is 17.9. The van der Waals surface area contributed by atoms with Gasteiger partial charge in [-0.15, -0.1) is 0 Å². The number of amides is 1. The first-order valence-corrected chi connectivity index (χ1v) is 9.34. The molecule has 1 saturated heterocycles. The minimum Gasteiger partial charge on any atom is -0.498 e. The maximum Gasteiger partial charge on any atom is 0.222 e. The predicted octanol–water partition coefficient (Wildman–Crippen LogP) is 3.50. The number of nitrogens with one attached hydrogen (secondary N) is 1. The van der Waals surface area contributed by atoms with Gasteiger partial charge in [-0.05, 0) is 25.5 Å². The summed E-state index contributed by atoms with van der Waals surface area (Å²) in [5.74, 6) is -0.185. The zero-order valence-electron chi connectivity index (χ0n) is 15.7. The van der Waals surface area contributed by atoms with Gasteiger partial charge in [0.15, 0.2) is 0 Å². The topological polar surface area (TPSA) is 54.5 Å². The highest BCUT2D eigenvalue weighted by Crippen LogP contribution is 2.34. The Morgan fingerprint density at radius 1 is 1.33 bits per heavy atom. The predicted molar refractivity (Wildman–Crippen MR) is 98.8 cm³/mol. The first-order valence-electron chi connectivity index (χ1n) is 9.34. The lowest BCUT2D eigenvalue weighted by Gasteiger charge is -2.26. The molecule has 1 aliphatic heterocycles. The molecule has 1 aromatic heterocycles. The van der Waals surface area contributed by atoms with Crippen LogP contribution in [0.15, 0.2) is 29.9 Å². The molecule has 1 aromatic rings. The van der Waals surface area contributed by atoms with E-state index < -0.39 is 5.82 Å². The molecule has 7 heteroatoms. The number of halogens is 2. The molecule has 0 spiro atoms. The fourth-order valence-electron chi connectivity index (χ4n) is 3.40. The number of ether oxygens (including phenoxy) is 1. The number of pyridine rings is 1. The van der Waals surface area contributed by atoms with Crippen molar-refractivity contribution in [3.8, 4) is 0 Å². The molecule has 27 heavy (non-hydrogen) atoms. The third-order valence-corrected chi connectivity index (χ3v) is 4.95. The lowest BCUT2D eigenvalue weighted by molar-refractivity contribution is -0.130. The van der Waals surface area contributed by atoms with Crippen LogP contribution in [0.2, 0.25) is 0 Å². The highest BCUT2D eigenvalue weighted by Gasteiger charge is 2.23. The number of hydrogen-bond donors (Lipinski definition) is 1. The summed E-state index contributed by atoms with van der Waals surface area (Å²) in [6.45, 7) is 3.56. The van der Waals surface area contributed by atoms with Crippen LogP contribution < -0.4 is 5.32 Å². The van der Waals surface area contributed by atoms with E-state index in [0.717, 1.165) is 6.20 Å². The van der Waals surface area contributed by atoms with Crippen molar-refractivity contribution in [2.75, 3.05) is 26.7 Å². The smallest absolute Gasteiger partial charge is 0.222 e. The highest BCUT2D eigenvalue weighted by molar-refractivity contribution is 5.78. The van der Waals surface area contributed by atoms with Crippen LogP contribution in [0.1, 0.15) is 49.9 Å². The quantitative estimate of drug-likeness (QED) is 0.873. The first kappa shape index (κ1) is 19.5. The van der Waals surface area contributed by atoms with Crippen molar-refractivity contribution in [3.63, 3.8) is 0 Å². The van der Waals surface area contributed by atoms with Crippen molar-refractivity contribution in [2.24, 2.45) is 0 Å². The Kier molecular flexibility index (Phi) is 6.21. The van der Waals surface area contributed by atoms with Gasteiger partial charge in [-0.25, -0.2) is 8.78 Å². The summed E-state index contributed by atoms with van der Waals surface area (Å²) in [7, 11) is 1.78. The molecule has 1 amide bonds. The fraction of sp³-hybridized carbons (Fsp3) is 0.500. The van der Waals surface area contributed by atoms with Crippen molar-refractivity contribution >= 4 is 11.5 Å². The molecule has 0 aromatic carbocycles. The van der Waals surface area contributed by atoms with Crippen LogP contribution in [0.3, 0.4) is 0 Å². The summed E-state index contributed by atoms with van der Waals surface area (Å²) in [6, 6.07) is 1.41. The van der Waals surface area contributed by atoms with Gasteiger partial charge in [0.25, 0.3) is 0 Å². The molecule has 0 bridgehead atoms. The van der Waals surface area contributed by atoms with E-state index in [1.165, 1.54) is 0 Å². The van der Waals surface area contributed by atoms with Crippen LogP contribution >= 0.6 is 0 Å². The van der Waals surface area contributed by atoms with E-state index in [4.69, 9.17) is 4.74 Å². The van der Waals surface area contributed by atoms with Crippen LogP contribution in [-0.2, 0) is 9.53 Å². The Balaban J connectivity index is 1.89. The monoisotopic (exact) mass is 377 g/mol. The van der Waals surface area contributed by atoms with E-state index in [9.17, 15) is 13.6 Å². The van der Waals surface area contributed by atoms with Crippen LogP contribution in [0, 0.1) is 5.82 Å². The van der Waals surface area contributed by atoms with Gasteiger partial charge in [-0.2, -0.15) is 0 Å². The Bertz CT molecular complexity index is 772. The van der Waals surface area contributed by atoms with E-state index in [0.29, 0.717) is 50.4 Å². The second-order valence-electron chi connectivity index (χ2n) is 6.81. The Morgan fingerprint density at radius 2 is 2.15 bits per heavy atom. The van der Waals surface area contributed by atoms with Crippen LogP contribution in [0.4, 0.5) is 8.78 Å². The van der Waals surface area contributed by atoms with Gasteiger partial charge in [-0.3, -0.25) is 9.78 Å². The number of nitrogens with zero attached hydrogens (tertiary/aromatic N) is 2. The molecule has 1 fully saturated rings. The van der Waals surface area contributed by atoms with Gasteiger partial charge >= 0.3 is 0 Å². The summed E-state index contributed by atoms with van der Waals surface area (Å²) in [5, 5.41) is 3.35. The number of carbonyl (C=O) groups excluding carboxylic acids is 1. The van der Waals surface area contributed by atoms with Gasteiger partial charge in [0.1, 0.15) is 11.6 Å². The fourth-order valence-corrected chi connectivity index (χ4v) is 3.40. The summed E-state index contributed by atoms with van der Waals surface area (Å²) in [5.41, 5.74) is 1.01. The van der Waals surface area contributed by atoms with E-state index in [1.54, 1.807) is 24.1 Å². The van der Waals surface area contributed by atoms with Gasteiger partial charge in [0, 0.05) is 50.5 Å². The number of rotatable bonds is 4. The molecule has 5 nitrogen and oxygen atoms in total. The van der Waals surface area contributed by atoms with Gasteiger partial charge in [0.05, 0.1) is 30.3 Å². The molecule has 0 saturated carbocycles. The van der Waals surface area contributed by atoms with E-state index in [-0.39, 0.29) is 35.3 Å². The lowest BCUT2D eigenvalue weighted by Crippen LogP contribution is -2.38. The third kappa shape index (κ3) is 4.53. The number of carbonyl (C=O) groups is 1. The van der Waals surface area contributed by atoms with Crippen LogP contribution in [0.5, 0.6) is 0 Å². The molecule has 146 valence electrons. The van der Waals surface area contributed by atoms with E-state index in [1.807, 2.05) is 6.92 Å². The zero-order chi connectivity index (χ0) is 19.4. The van der Waals surface area contributed by atoms with Gasteiger partial charge < -0.3 is 15.0 Å². The minimum absolute atomic E-state index is 0.0779. The average molecular weight is 377 g/mol. The van der Waals surface area contributed by atoms with E-state index >= 15 is 0 Å². The maximum absolute atomic E-state index is 14.5. The number of hydrogen-bond acceptors (Lipinski definition) is 4. The Labute approximate surface area is 158 Å². The molecule has 2 aliphatic rings. The number of allylic oxidation sites excluding steroid dienone is 4. The molecule has 0 unspecified atom stereocenters. The second kappa shape index (κ2) is 8.61. The first-order chi connectivity index (χ1) is 13.0. The largest absolute Gasteiger partial charge is 0.498 e. The molecule has 1 atom stereocenters. The number of likely N-dealkylation sites (N-methyl/N-ethyl adjacent to an activating group) is 1. The SMILES string of the molecule is CCOC1=CC(c2cc([C@@H]3CCC(=O)N(C)CCN3)ncc2F)=C(F)CC1. The van der Waals surface area contributed by atoms with Crippen LogP contribution in [0.25, 0.3) is 5.57 Å². The third-order valence-electron chi connectivity index (χ3n) is 4.95. The normalized spacial score (nSPS) is 21.6.